The zero-order chi connectivity index (χ0) is 12.1. The number of thioether (sulfide) groups is 1. The van der Waals surface area contributed by atoms with Crippen LogP contribution in [0.1, 0.15) is 31.2 Å². The summed E-state index contributed by atoms with van der Waals surface area (Å²) in [5, 5.41) is 3.54. The van der Waals surface area contributed by atoms with Crippen molar-refractivity contribution >= 4 is 17.4 Å². The van der Waals surface area contributed by atoms with E-state index >= 15 is 0 Å². The fourth-order valence-electron chi connectivity index (χ4n) is 2.31. The first-order chi connectivity index (χ1) is 8.25. The van der Waals surface area contributed by atoms with E-state index in [1.807, 2.05) is 11.8 Å². The third-order valence-electron chi connectivity index (χ3n) is 3.28. The van der Waals surface area contributed by atoms with Crippen LogP contribution in [0, 0.1) is 6.92 Å². The van der Waals surface area contributed by atoms with Crippen LogP contribution < -0.4 is 11.1 Å². The molecule has 2 nitrogen and oxygen atoms in total. The zero-order valence-electron chi connectivity index (χ0n) is 10.5. The molecule has 1 aliphatic heterocycles. The summed E-state index contributed by atoms with van der Waals surface area (Å²) in [5.74, 6) is 1.17. The molecule has 0 saturated carbocycles. The Morgan fingerprint density at radius 2 is 2.35 bits per heavy atom. The summed E-state index contributed by atoms with van der Waals surface area (Å²) in [6.07, 6.45) is 5.29. The molecule has 1 heterocycles. The molecule has 0 bridgehead atoms. The lowest BCUT2D eigenvalue weighted by atomic mass is 10.1. The van der Waals surface area contributed by atoms with Crippen LogP contribution in [-0.2, 0) is 0 Å². The maximum absolute atomic E-state index is 5.99. The molecule has 1 saturated heterocycles. The minimum absolute atomic E-state index is 0.769. The Hall–Kier alpha value is -0.670. The molecule has 94 valence electrons. The average Bonchev–Trinajstić information content (AvgIpc) is 2.79. The normalized spacial score (nSPS) is 19.7. The Morgan fingerprint density at radius 1 is 1.47 bits per heavy atom. The second kappa shape index (κ2) is 6.31. The second-order valence-electron chi connectivity index (χ2n) is 4.83. The van der Waals surface area contributed by atoms with Crippen molar-refractivity contribution in [2.45, 2.75) is 43.5 Å². The molecule has 17 heavy (non-hydrogen) atoms. The van der Waals surface area contributed by atoms with Crippen LogP contribution in [0.2, 0.25) is 0 Å². The second-order valence-corrected chi connectivity index (χ2v) is 5.96. The molecule has 1 aromatic rings. The lowest BCUT2D eigenvalue weighted by Crippen LogP contribution is -2.20. The van der Waals surface area contributed by atoms with E-state index in [2.05, 4.69) is 30.4 Å². The Labute approximate surface area is 108 Å². The smallest absolute Gasteiger partial charge is 0.0454 e. The minimum Gasteiger partial charge on any atom is -0.398 e. The van der Waals surface area contributed by atoms with Gasteiger partial charge in [0.25, 0.3) is 0 Å². The van der Waals surface area contributed by atoms with E-state index in [1.165, 1.54) is 48.4 Å². The predicted molar refractivity (Wildman–Crippen MR) is 76.6 cm³/mol. The van der Waals surface area contributed by atoms with Gasteiger partial charge in [0.1, 0.15) is 0 Å². The van der Waals surface area contributed by atoms with Gasteiger partial charge in [0.15, 0.2) is 0 Å². The van der Waals surface area contributed by atoms with Crippen molar-refractivity contribution in [2.75, 3.05) is 18.0 Å². The van der Waals surface area contributed by atoms with Gasteiger partial charge >= 0.3 is 0 Å². The van der Waals surface area contributed by atoms with E-state index in [0.717, 1.165) is 11.7 Å². The zero-order valence-corrected chi connectivity index (χ0v) is 11.4. The molecule has 0 spiro atoms. The molecule has 3 heteroatoms. The maximum Gasteiger partial charge on any atom is 0.0454 e. The number of nitrogens with two attached hydrogens (primary N) is 1. The number of nitrogen functional groups attached to an aromatic ring is 1. The van der Waals surface area contributed by atoms with Gasteiger partial charge in [-0.15, -0.1) is 11.8 Å². The lowest BCUT2D eigenvalue weighted by Gasteiger charge is -2.10. The highest BCUT2D eigenvalue weighted by molar-refractivity contribution is 7.99. The number of benzene rings is 1. The van der Waals surface area contributed by atoms with Crippen molar-refractivity contribution in [3.63, 3.8) is 0 Å². The first kappa shape index (κ1) is 12.8. The van der Waals surface area contributed by atoms with Crippen molar-refractivity contribution in [1.82, 2.24) is 5.32 Å². The van der Waals surface area contributed by atoms with Gasteiger partial charge in [-0.1, -0.05) is 6.07 Å². The highest BCUT2D eigenvalue weighted by Gasteiger charge is 2.12. The summed E-state index contributed by atoms with van der Waals surface area (Å²) in [7, 11) is 0. The molecule has 1 atom stereocenters. The van der Waals surface area contributed by atoms with Crippen LogP contribution in [0.3, 0.4) is 0 Å². The van der Waals surface area contributed by atoms with Gasteiger partial charge in [0.05, 0.1) is 0 Å². The van der Waals surface area contributed by atoms with Gasteiger partial charge < -0.3 is 11.1 Å². The Bertz CT molecular complexity index is 359. The molecule has 0 amide bonds. The van der Waals surface area contributed by atoms with Gasteiger partial charge in [-0.25, -0.2) is 0 Å². The van der Waals surface area contributed by atoms with Crippen LogP contribution >= 0.6 is 11.8 Å². The fourth-order valence-corrected chi connectivity index (χ4v) is 3.24. The van der Waals surface area contributed by atoms with Crippen molar-refractivity contribution in [2.24, 2.45) is 0 Å². The van der Waals surface area contributed by atoms with Crippen LogP contribution in [0.25, 0.3) is 0 Å². The van der Waals surface area contributed by atoms with Gasteiger partial charge in [-0.2, -0.15) is 0 Å². The largest absolute Gasteiger partial charge is 0.398 e. The van der Waals surface area contributed by atoms with Crippen molar-refractivity contribution in [3.8, 4) is 0 Å². The summed E-state index contributed by atoms with van der Waals surface area (Å²) in [6.45, 7) is 3.29. The lowest BCUT2D eigenvalue weighted by molar-refractivity contribution is 0.553. The van der Waals surface area contributed by atoms with Crippen LogP contribution in [0.4, 0.5) is 5.69 Å². The van der Waals surface area contributed by atoms with Gasteiger partial charge in [0.2, 0.25) is 0 Å². The van der Waals surface area contributed by atoms with Crippen LogP contribution in [0.5, 0.6) is 0 Å². The van der Waals surface area contributed by atoms with Crippen molar-refractivity contribution in [1.29, 1.82) is 0 Å². The first-order valence-electron chi connectivity index (χ1n) is 6.48. The fraction of sp³-hybridized carbons (Fsp3) is 0.571. The van der Waals surface area contributed by atoms with Crippen molar-refractivity contribution in [3.05, 3.63) is 23.8 Å². The number of hydrogen-bond donors (Lipinski definition) is 2. The summed E-state index contributed by atoms with van der Waals surface area (Å²) in [6, 6.07) is 7.10. The van der Waals surface area contributed by atoms with E-state index in [4.69, 9.17) is 5.73 Å². The SMILES string of the molecule is Cc1ccc(SCCCC2CCCN2)c(N)c1. The minimum atomic E-state index is 0.769. The highest BCUT2D eigenvalue weighted by Crippen LogP contribution is 2.27. The molecule has 2 rings (SSSR count). The summed E-state index contributed by atoms with van der Waals surface area (Å²) in [5.41, 5.74) is 8.16. The van der Waals surface area contributed by atoms with E-state index in [0.29, 0.717) is 0 Å². The average molecular weight is 250 g/mol. The number of hydrogen-bond acceptors (Lipinski definition) is 3. The van der Waals surface area contributed by atoms with Crippen molar-refractivity contribution < 1.29 is 0 Å². The Morgan fingerprint density at radius 3 is 3.06 bits per heavy atom. The first-order valence-corrected chi connectivity index (χ1v) is 7.46. The summed E-state index contributed by atoms with van der Waals surface area (Å²) in [4.78, 5) is 1.23. The van der Waals surface area contributed by atoms with E-state index in [9.17, 15) is 0 Å². The summed E-state index contributed by atoms with van der Waals surface area (Å²) < 4.78 is 0. The van der Waals surface area contributed by atoms with Crippen LogP contribution in [-0.4, -0.2) is 18.3 Å². The quantitative estimate of drug-likeness (QED) is 0.479. The molecule has 1 fully saturated rings. The van der Waals surface area contributed by atoms with Gasteiger partial charge in [0, 0.05) is 16.6 Å². The standard InChI is InChI=1S/C14H22N2S/c1-11-6-7-14(13(15)10-11)17-9-3-5-12-4-2-8-16-12/h6-7,10,12,16H,2-5,8-9,15H2,1H3. The monoisotopic (exact) mass is 250 g/mol. The number of aryl methyl sites for hydroxylation is 1. The number of anilines is 1. The van der Waals surface area contributed by atoms with Gasteiger partial charge in [-0.05, 0) is 62.6 Å². The molecule has 0 radical (unpaired) electrons. The molecule has 1 aromatic carbocycles. The van der Waals surface area contributed by atoms with Gasteiger partial charge in [-0.3, -0.25) is 0 Å². The third kappa shape index (κ3) is 3.93. The molecule has 0 aliphatic carbocycles. The molecular formula is C14H22N2S. The highest BCUT2D eigenvalue weighted by atomic mass is 32.2. The van der Waals surface area contributed by atoms with Crippen LogP contribution in [0.15, 0.2) is 23.1 Å². The molecule has 1 aliphatic rings. The summed E-state index contributed by atoms with van der Waals surface area (Å²) >= 11 is 1.89. The van der Waals surface area contributed by atoms with E-state index in [-0.39, 0.29) is 0 Å². The Balaban J connectivity index is 1.70. The number of rotatable bonds is 5. The molecule has 1 unspecified atom stereocenters. The van der Waals surface area contributed by atoms with E-state index in [1.54, 1.807) is 0 Å². The molecule has 0 aromatic heterocycles. The predicted octanol–water partition coefficient (Wildman–Crippen LogP) is 3.20. The molecular weight excluding hydrogens is 228 g/mol. The third-order valence-corrected chi connectivity index (χ3v) is 4.46. The number of nitrogens with one attached hydrogen (secondary N) is 1. The topological polar surface area (TPSA) is 38.0 Å². The maximum atomic E-state index is 5.99. The Kier molecular flexibility index (Phi) is 4.75. The molecule has 3 N–H and O–H groups in total. The van der Waals surface area contributed by atoms with E-state index < -0.39 is 0 Å².